The van der Waals surface area contributed by atoms with E-state index in [2.05, 4.69) is 14.7 Å². The lowest BCUT2D eigenvalue weighted by molar-refractivity contribution is 0.0966. The van der Waals surface area contributed by atoms with Crippen molar-refractivity contribution in [2.24, 2.45) is 0 Å². The minimum Gasteiger partial charge on any atom is -0.450 e. The number of rotatable bonds is 4. The van der Waals surface area contributed by atoms with E-state index in [-0.39, 0.29) is 17.2 Å². The zero-order valence-corrected chi connectivity index (χ0v) is 12.9. The number of likely N-dealkylation sites (tertiary alicyclic amines) is 1. The Morgan fingerprint density at radius 1 is 1.52 bits per heavy atom. The zero-order chi connectivity index (χ0) is 15.5. The van der Waals surface area contributed by atoms with Crippen LogP contribution in [0, 0.1) is 6.92 Å². The Morgan fingerprint density at radius 2 is 2.19 bits per heavy atom. The van der Waals surface area contributed by atoms with Crippen LogP contribution in [0.25, 0.3) is 0 Å². The molecule has 2 heterocycles. The number of hydrogen-bond donors (Lipinski definition) is 2. The first-order chi connectivity index (χ1) is 9.92. The number of imidazole rings is 1. The highest BCUT2D eigenvalue weighted by atomic mass is 32.2. The number of aromatic nitrogens is 2. The summed E-state index contributed by atoms with van der Waals surface area (Å²) in [5.41, 5.74) is 0. The van der Waals surface area contributed by atoms with Crippen molar-refractivity contribution in [3.05, 3.63) is 12.0 Å². The van der Waals surface area contributed by atoms with Gasteiger partial charge in [-0.15, -0.1) is 0 Å². The number of H-pyrrole nitrogens is 1. The summed E-state index contributed by atoms with van der Waals surface area (Å²) in [5.74, 6) is 0.549. The third-order valence-electron chi connectivity index (χ3n) is 3.31. The summed E-state index contributed by atoms with van der Waals surface area (Å²) in [6.45, 7) is 4.74. The van der Waals surface area contributed by atoms with Crippen LogP contribution in [0.4, 0.5) is 4.79 Å². The van der Waals surface area contributed by atoms with Crippen molar-refractivity contribution >= 4 is 16.1 Å². The van der Waals surface area contributed by atoms with Crippen molar-refractivity contribution in [3.63, 3.8) is 0 Å². The Hall–Kier alpha value is -1.61. The predicted molar refractivity (Wildman–Crippen MR) is 75.3 cm³/mol. The molecule has 9 heteroatoms. The van der Waals surface area contributed by atoms with E-state index in [4.69, 9.17) is 4.74 Å². The van der Waals surface area contributed by atoms with E-state index in [0.717, 1.165) is 0 Å². The maximum atomic E-state index is 12.1. The number of aromatic amines is 1. The van der Waals surface area contributed by atoms with Gasteiger partial charge in [-0.2, -0.15) is 0 Å². The fourth-order valence-electron chi connectivity index (χ4n) is 2.21. The lowest BCUT2D eigenvalue weighted by Crippen LogP contribution is -2.46. The molecule has 0 radical (unpaired) electrons. The SMILES string of the molecule is CCOC(=O)N1CCC(NS(=O)(=O)c2cnc(C)[nH]2)CC1. The number of carbonyl (C=O) groups excluding carboxylic acids is 1. The van der Waals surface area contributed by atoms with E-state index in [0.29, 0.717) is 38.4 Å². The molecule has 0 unspecified atom stereocenters. The predicted octanol–water partition coefficient (Wildman–Crippen LogP) is 0.617. The Morgan fingerprint density at radius 3 is 2.71 bits per heavy atom. The van der Waals surface area contributed by atoms with Crippen LogP contribution in [0.5, 0.6) is 0 Å². The molecule has 1 aliphatic rings. The van der Waals surface area contributed by atoms with Gasteiger partial charge in [-0.3, -0.25) is 0 Å². The normalized spacial score (nSPS) is 17.0. The number of aryl methyl sites for hydroxylation is 1. The molecule has 118 valence electrons. The van der Waals surface area contributed by atoms with Crippen molar-refractivity contribution in [3.8, 4) is 0 Å². The van der Waals surface area contributed by atoms with Crippen LogP contribution in [-0.2, 0) is 14.8 Å². The number of sulfonamides is 1. The molecule has 1 amide bonds. The minimum atomic E-state index is -3.59. The molecule has 1 saturated heterocycles. The molecule has 1 aliphatic heterocycles. The molecule has 21 heavy (non-hydrogen) atoms. The number of piperidine rings is 1. The Labute approximate surface area is 123 Å². The number of nitrogens with one attached hydrogen (secondary N) is 2. The second kappa shape index (κ2) is 6.44. The quantitative estimate of drug-likeness (QED) is 0.847. The molecule has 1 fully saturated rings. The lowest BCUT2D eigenvalue weighted by atomic mass is 10.1. The van der Waals surface area contributed by atoms with Gasteiger partial charge in [-0.1, -0.05) is 0 Å². The average molecular weight is 316 g/mol. The van der Waals surface area contributed by atoms with E-state index >= 15 is 0 Å². The van der Waals surface area contributed by atoms with Crippen LogP contribution in [0.3, 0.4) is 0 Å². The van der Waals surface area contributed by atoms with Crippen LogP contribution in [0.2, 0.25) is 0 Å². The van der Waals surface area contributed by atoms with E-state index in [1.54, 1.807) is 18.7 Å². The largest absolute Gasteiger partial charge is 0.450 e. The first-order valence-corrected chi connectivity index (χ1v) is 8.36. The molecule has 8 nitrogen and oxygen atoms in total. The molecule has 0 saturated carbocycles. The maximum Gasteiger partial charge on any atom is 0.409 e. The van der Waals surface area contributed by atoms with Crippen molar-refractivity contribution in [1.29, 1.82) is 0 Å². The summed E-state index contributed by atoms with van der Waals surface area (Å²) in [7, 11) is -3.59. The molecule has 1 aromatic heterocycles. The van der Waals surface area contributed by atoms with Gasteiger partial charge >= 0.3 is 6.09 Å². The standard InChI is InChI=1S/C12H20N4O4S/c1-3-20-12(17)16-6-4-10(5-7-16)15-21(18,19)11-8-13-9(2)14-11/h8,10,15H,3-7H2,1-2H3,(H,13,14). The van der Waals surface area contributed by atoms with Gasteiger partial charge in [0.05, 0.1) is 12.8 Å². The fraction of sp³-hybridized carbons (Fsp3) is 0.667. The monoisotopic (exact) mass is 316 g/mol. The molecule has 0 spiro atoms. The van der Waals surface area contributed by atoms with E-state index < -0.39 is 10.0 Å². The topological polar surface area (TPSA) is 104 Å². The maximum absolute atomic E-state index is 12.1. The van der Waals surface area contributed by atoms with Crippen molar-refractivity contribution in [1.82, 2.24) is 19.6 Å². The molecule has 2 rings (SSSR count). The first-order valence-electron chi connectivity index (χ1n) is 6.88. The van der Waals surface area contributed by atoms with Crippen LogP contribution in [-0.4, -0.2) is 55.1 Å². The third-order valence-corrected chi connectivity index (χ3v) is 4.74. The molecule has 0 atom stereocenters. The molecular formula is C12H20N4O4S. The smallest absolute Gasteiger partial charge is 0.409 e. The highest BCUT2D eigenvalue weighted by Gasteiger charge is 2.27. The Balaban J connectivity index is 1.90. The average Bonchev–Trinajstić information content (AvgIpc) is 2.87. The van der Waals surface area contributed by atoms with Gasteiger partial charge in [0, 0.05) is 19.1 Å². The number of nitrogens with zero attached hydrogens (tertiary/aromatic N) is 2. The van der Waals surface area contributed by atoms with E-state index in [1.807, 2.05) is 0 Å². The van der Waals surface area contributed by atoms with Gasteiger partial charge in [0.1, 0.15) is 5.82 Å². The molecular weight excluding hydrogens is 296 g/mol. The zero-order valence-electron chi connectivity index (χ0n) is 12.1. The lowest BCUT2D eigenvalue weighted by Gasteiger charge is -2.31. The van der Waals surface area contributed by atoms with Gasteiger partial charge < -0.3 is 14.6 Å². The highest BCUT2D eigenvalue weighted by Crippen LogP contribution is 2.14. The number of ether oxygens (including phenoxy) is 1. The fourth-order valence-corrected chi connectivity index (χ4v) is 3.49. The van der Waals surface area contributed by atoms with E-state index in [9.17, 15) is 13.2 Å². The van der Waals surface area contributed by atoms with Crippen LogP contribution in [0.1, 0.15) is 25.6 Å². The van der Waals surface area contributed by atoms with Gasteiger partial charge in [0.2, 0.25) is 0 Å². The second-order valence-electron chi connectivity index (χ2n) is 4.91. The summed E-state index contributed by atoms with van der Waals surface area (Å²) in [5, 5.41) is 0.0628. The minimum absolute atomic E-state index is 0.0628. The van der Waals surface area contributed by atoms with Gasteiger partial charge in [-0.25, -0.2) is 22.9 Å². The molecule has 2 N–H and O–H groups in total. The summed E-state index contributed by atoms with van der Waals surface area (Å²) < 4.78 is 31.9. The third kappa shape index (κ3) is 3.94. The summed E-state index contributed by atoms with van der Waals surface area (Å²) >= 11 is 0. The molecule has 0 aromatic carbocycles. The van der Waals surface area contributed by atoms with Crippen LogP contribution >= 0.6 is 0 Å². The highest BCUT2D eigenvalue weighted by molar-refractivity contribution is 7.89. The van der Waals surface area contributed by atoms with Gasteiger partial charge in [-0.05, 0) is 26.7 Å². The molecule has 0 bridgehead atoms. The summed E-state index contributed by atoms with van der Waals surface area (Å²) in [4.78, 5) is 19.7. The number of amides is 1. The molecule has 1 aromatic rings. The summed E-state index contributed by atoms with van der Waals surface area (Å²) in [6, 6.07) is -0.190. The van der Waals surface area contributed by atoms with E-state index in [1.165, 1.54) is 6.20 Å². The molecule has 0 aliphatic carbocycles. The van der Waals surface area contributed by atoms with Crippen molar-refractivity contribution in [2.75, 3.05) is 19.7 Å². The number of hydrogen-bond acceptors (Lipinski definition) is 5. The van der Waals surface area contributed by atoms with Crippen LogP contribution in [0.15, 0.2) is 11.2 Å². The van der Waals surface area contributed by atoms with Crippen LogP contribution < -0.4 is 4.72 Å². The summed E-state index contributed by atoms with van der Waals surface area (Å²) in [6.07, 6.45) is 2.07. The van der Waals surface area contributed by atoms with Crippen molar-refractivity contribution < 1.29 is 17.9 Å². The Bertz CT molecular complexity index is 590. The van der Waals surface area contributed by atoms with Crippen molar-refractivity contribution in [2.45, 2.75) is 37.8 Å². The second-order valence-corrected chi connectivity index (χ2v) is 6.60. The Kier molecular flexibility index (Phi) is 4.84. The van der Waals surface area contributed by atoms with Gasteiger partial charge in [0.25, 0.3) is 10.0 Å². The van der Waals surface area contributed by atoms with Gasteiger partial charge in [0.15, 0.2) is 5.03 Å². The number of carbonyl (C=O) groups is 1. The first kappa shape index (κ1) is 15.8.